The van der Waals surface area contributed by atoms with Crippen LogP contribution in [0.1, 0.15) is 6.42 Å². The lowest BCUT2D eigenvalue weighted by atomic mass is 10.2. The zero-order valence-electron chi connectivity index (χ0n) is 15.7. The molecule has 1 aromatic heterocycles. The first-order valence-electron chi connectivity index (χ1n) is 9.02. The van der Waals surface area contributed by atoms with E-state index in [-0.39, 0.29) is 11.7 Å². The van der Waals surface area contributed by atoms with Crippen molar-refractivity contribution < 1.29 is 23.5 Å². The van der Waals surface area contributed by atoms with Crippen LogP contribution in [0.25, 0.3) is 11.5 Å². The fourth-order valence-corrected chi connectivity index (χ4v) is 3.26. The summed E-state index contributed by atoms with van der Waals surface area (Å²) in [7, 11) is 1.61. The molecule has 0 radical (unpaired) electrons. The van der Waals surface area contributed by atoms with Gasteiger partial charge in [0.25, 0.3) is 5.89 Å². The van der Waals surface area contributed by atoms with Crippen molar-refractivity contribution in [1.29, 1.82) is 0 Å². The SMILES string of the molecule is COc1ccc(-c2nc(SCC(=O)Nc3ccc4c(c3)OCCCO4)no2)cc1. The van der Waals surface area contributed by atoms with Gasteiger partial charge < -0.3 is 24.1 Å². The minimum Gasteiger partial charge on any atom is -0.497 e. The number of nitrogens with zero attached hydrogens (tertiary/aromatic N) is 2. The molecule has 150 valence electrons. The maximum absolute atomic E-state index is 12.3. The van der Waals surface area contributed by atoms with E-state index < -0.39 is 0 Å². The summed E-state index contributed by atoms with van der Waals surface area (Å²) in [5.41, 5.74) is 1.42. The van der Waals surface area contributed by atoms with Gasteiger partial charge in [0.2, 0.25) is 11.1 Å². The third-order valence-electron chi connectivity index (χ3n) is 4.11. The van der Waals surface area contributed by atoms with Crippen molar-refractivity contribution in [2.45, 2.75) is 11.6 Å². The molecule has 0 unspecified atom stereocenters. The Morgan fingerprint density at radius 1 is 1.14 bits per heavy atom. The normalized spacial score (nSPS) is 12.9. The van der Waals surface area contributed by atoms with Crippen LogP contribution < -0.4 is 19.5 Å². The van der Waals surface area contributed by atoms with E-state index in [4.69, 9.17) is 18.7 Å². The standard InChI is InChI=1S/C20H19N3O5S/c1-25-15-6-3-13(4-7-15)19-22-20(23-28-19)29-12-18(24)21-14-5-8-16-17(11-14)27-10-2-9-26-16/h3-8,11H,2,9-10,12H2,1H3,(H,21,24). The van der Waals surface area contributed by atoms with Gasteiger partial charge in [-0.25, -0.2) is 0 Å². The Morgan fingerprint density at radius 3 is 2.72 bits per heavy atom. The van der Waals surface area contributed by atoms with Crippen molar-refractivity contribution in [2.24, 2.45) is 0 Å². The summed E-state index contributed by atoms with van der Waals surface area (Å²) in [6.45, 7) is 1.22. The monoisotopic (exact) mass is 413 g/mol. The topological polar surface area (TPSA) is 95.7 Å². The van der Waals surface area contributed by atoms with Crippen LogP contribution >= 0.6 is 11.8 Å². The average Bonchev–Trinajstić information content (AvgIpc) is 3.10. The van der Waals surface area contributed by atoms with Crippen molar-refractivity contribution in [3.8, 4) is 28.7 Å². The Labute approximate surface area is 171 Å². The highest BCUT2D eigenvalue weighted by molar-refractivity contribution is 7.99. The number of hydrogen-bond acceptors (Lipinski definition) is 8. The second kappa shape index (κ2) is 8.87. The average molecular weight is 413 g/mol. The number of amides is 1. The fraction of sp³-hybridized carbons (Fsp3) is 0.250. The molecule has 1 aliphatic rings. The van der Waals surface area contributed by atoms with Crippen LogP contribution in [0, 0.1) is 0 Å². The molecule has 0 bridgehead atoms. The van der Waals surface area contributed by atoms with Crippen molar-refractivity contribution in [1.82, 2.24) is 10.1 Å². The number of carbonyl (C=O) groups is 1. The van der Waals surface area contributed by atoms with Crippen LogP contribution in [0.2, 0.25) is 0 Å². The first-order chi connectivity index (χ1) is 14.2. The molecule has 1 aliphatic heterocycles. The predicted octanol–water partition coefficient (Wildman–Crippen LogP) is 3.64. The van der Waals surface area contributed by atoms with Gasteiger partial charge in [0.05, 0.1) is 26.1 Å². The largest absolute Gasteiger partial charge is 0.497 e. The van der Waals surface area contributed by atoms with Gasteiger partial charge in [0.15, 0.2) is 11.5 Å². The van der Waals surface area contributed by atoms with Crippen molar-refractivity contribution in [3.63, 3.8) is 0 Å². The number of rotatable bonds is 6. The Balaban J connectivity index is 1.33. The van der Waals surface area contributed by atoms with Gasteiger partial charge in [-0.05, 0) is 41.6 Å². The molecule has 0 aliphatic carbocycles. The summed E-state index contributed by atoms with van der Waals surface area (Å²) in [5.74, 6) is 2.42. The fourth-order valence-electron chi connectivity index (χ4n) is 2.69. The van der Waals surface area contributed by atoms with E-state index in [9.17, 15) is 4.79 Å². The molecule has 4 rings (SSSR count). The number of anilines is 1. The van der Waals surface area contributed by atoms with Gasteiger partial charge in [-0.15, -0.1) is 0 Å². The molecule has 29 heavy (non-hydrogen) atoms. The first kappa shape index (κ1) is 19.1. The number of ether oxygens (including phenoxy) is 3. The zero-order valence-corrected chi connectivity index (χ0v) is 16.5. The van der Waals surface area contributed by atoms with E-state index in [0.29, 0.717) is 41.4 Å². The molecule has 2 heterocycles. The van der Waals surface area contributed by atoms with Crippen LogP contribution in [-0.4, -0.2) is 42.1 Å². The zero-order chi connectivity index (χ0) is 20.1. The summed E-state index contributed by atoms with van der Waals surface area (Å²) in [4.78, 5) is 16.6. The van der Waals surface area contributed by atoms with E-state index >= 15 is 0 Å². The molecule has 1 amide bonds. The number of aromatic nitrogens is 2. The molecule has 1 N–H and O–H groups in total. The molecule has 0 saturated carbocycles. The van der Waals surface area contributed by atoms with Gasteiger partial charge in [-0.3, -0.25) is 4.79 Å². The smallest absolute Gasteiger partial charge is 0.258 e. The lowest BCUT2D eigenvalue weighted by Crippen LogP contribution is -2.14. The Hall–Kier alpha value is -3.20. The second-order valence-electron chi connectivity index (χ2n) is 6.16. The Bertz CT molecular complexity index is 990. The molecule has 0 spiro atoms. The molecule has 2 aromatic carbocycles. The van der Waals surface area contributed by atoms with Crippen molar-refractivity contribution in [3.05, 3.63) is 42.5 Å². The predicted molar refractivity (Wildman–Crippen MR) is 108 cm³/mol. The third-order valence-corrected chi connectivity index (χ3v) is 4.94. The molecular formula is C20H19N3O5S. The Morgan fingerprint density at radius 2 is 1.93 bits per heavy atom. The van der Waals surface area contributed by atoms with Gasteiger partial charge in [0, 0.05) is 23.7 Å². The molecule has 0 fully saturated rings. The highest BCUT2D eigenvalue weighted by atomic mass is 32.2. The summed E-state index contributed by atoms with van der Waals surface area (Å²) >= 11 is 1.19. The summed E-state index contributed by atoms with van der Waals surface area (Å²) in [6, 6.07) is 12.6. The maximum Gasteiger partial charge on any atom is 0.258 e. The Kier molecular flexibility index (Phi) is 5.85. The molecule has 0 saturated heterocycles. The summed E-state index contributed by atoms with van der Waals surface area (Å²) in [5, 5.41) is 7.14. The van der Waals surface area contributed by atoms with Gasteiger partial charge in [-0.1, -0.05) is 11.8 Å². The summed E-state index contributed by atoms with van der Waals surface area (Å²) < 4.78 is 21.6. The highest BCUT2D eigenvalue weighted by Gasteiger charge is 2.14. The molecule has 9 heteroatoms. The number of nitrogens with one attached hydrogen (secondary N) is 1. The van der Waals surface area contributed by atoms with E-state index in [1.165, 1.54) is 11.8 Å². The number of benzene rings is 2. The minimum atomic E-state index is -0.180. The number of thioether (sulfide) groups is 1. The van der Waals surface area contributed by atoms with E-state index in [1.54, 1.807) is 25.3 Å². The van der Waals surface area contributed by atoms with Crippen LogP contribution in [0.5, 0.6) is 17.2 Å². The molecule has 3 aromatic rings. The third kappa shape index (κ3) is 4.80. The van der Waals surface area contributed by atoms with Crippen LogP contribution in [0.3, 0.4) is 0 Å². The number of hydrogen-bond donors (Lipinski definition) is 1. The van der Waals surface area contributed by atoms with Crippen LogP contribution in [0.4, 0.5) is 5.69 Å². The van der Waals surface area contributed by atoms with Crippen LogP contribution in [0.15, 0.2) is 52.1 Å². The molecule has 0 atom stereocenters. The van der Waals surface area contributed by atoms with E-state index in [2.05, 4.69) is 15.5 Å². The number of carbonyl (C=O) groups excluding carboxylic acids is 1. The number of fused-ring (bicyclic) bond motifs is 1. The van der Waals surface area contributed by atoms with Crippen molar-refractivity contribution in [2.75, 3.05) is 31.4 Å². The summed E-state index contributed by atoms with van der Waals surface area (Å²) in [6.07, 6.45) is 0.830. The van der Waals surface area contributed by atoms with Crippen LogP contribution in [-0.2, 0) is 4.79 Å². The highest BCUT2D eigenvalue weighted by Crippen LogP contribution is 2.32. The number of methoxy groups -OCH3 is 1. The van der Waals surface area contributed by atoms with Gasteiger partial charge in [-0.2, -0.15) is 4.98 Å². The van der Waals surface area contributed by atoms with E-state index in [1.807, 2.05) is 24.3 Å². The second-order valence-corrected chi connectivity index (χ2v) is 7.10. The maximum atomic E-state index is 12.3. The quantitative estimate of drug-likeness (QED) is 0.612. The van der Waals surface area contributed by atoms with Crippen molar-refractivity contribution >= 4 is 23.4 Å². The lowest BCUT2D eigenvalue weighted by Gasteiger charge is -2.10. The van der Waals surface area contributed by atoms with E-state index in [0.717, 1.165) is 17.7 Å². The lowest BCUT2D eigenvalue weighted by molar-refractivity contribution is -0.113. The first-order valence-corrected chi connectivity index (χ1v) is 10.0. The van der Waals surface area contributed by atoms with Gasteiger partial charge in [0.1, 0.15) is 5.75 Å². The minimum absolute atomic E-state index is 0.149. The molecule has 8 nitrogen and oxygen atoms in total. The molecular weight excluding hydrogens is 394 g/mol. The van der Waals surface area contributed by atoms with Gasteiger partial charge >= 0.3 is 0 Å².